The first-order chi connectivity index (χ1) is 9.66. The number of aliphatic carboxylic acids is 1. The maximum Gasteiger partial charge on any atom is 0.307 e. The molecular formula is C16H19NO3. The molecule has 0 spiro atoms. The fraction of sp³-hybridized carbons (Fsp3) is 0.500. The van der Waals surface area contributed by atoms with Gasteiger partial charge in [-0.05, 0) is 35.8 Å². The molecule has 4 heteroatoms. The number of carboxylic acids is 1. The second kappa shape index (κ2) is 5.27. The minimum Gasteiger partial charge on any atom is -0.481 e. The molecule has 0 aromatic heterocycles. The number of benzene rings is 1. The summed E-state index contributed by atoms with van der Waals surface area (Å²) in [5.41, 5.74) is 1.67. The fourth-order valence-corrected chi connectivity index (χ4v) is 3.58. The van der Waals surface area contributed by atoms with Crippen molar-refractivity contribution in [3.63, 3.8) is 0 Å². The zero-order valence-electron chi connectivity index (χ0n) is 11.3. The molecule has 3 rings (SSSR count). The number of amides is 1. The molecule has 2 N–H and O–H groups in total. The fourth-order valence-electron chi connectivity index (χ4n) is 3.58. The van der Waals surface area contributed by atoms with Crippen LogP contribution in [0.1, 0.15) is 30.4 Å². The number of carboxylic acid groups (broad SMARTS) is 1. The van der Waals surface area contributed by atoms with Crippen LogP contribution < -0.4 is 5.32 Å². The van der Waals surface area contributed by atoms with Crippen LogP contribution in [-0.4, -0.2) is 17.0 Å². The number of hydrogen-bond donors (Lipinski definition) is 2. The van der Waals surface area contributed by atoms with E-state index in [0.717, 1.165) is 11.1 Å². The highest BCUT2D eigenvalue weighted by atomic mass is 16.4. The SMILES string of the molecule is O=C(O)Cc1ccccc1CNC(=O)C1C2CCCC21. The third-order valence-electron chi connectivity index (χ3n) is 4.62. The Morgan fingerprint density at radius 1 is 1.15 bits per heavy atom. The third-order valence-corrected chi connectivity index (χ3v) is 4.62. The molecule has 2 saturated carbocycles. The van der Waals surface area contributed by atoms with Gasteiger partial charge in [0.05, 0.1) is 6.42 Å². The van der Waals surface area contributed by atoms with Crippen LogP contribution in [0.15, 0.2) is 24.3 Å². The van der Waals surface area contributed by atoms with Crippen molar-refractivity contribution in [2.24, 2.45) is 17.8 Å². The Balaban J connectivity index is 1.58. The molecule has 2 aliphatic rings. The summed E-state index contributed by atoms with van der Waals surface area (Å²) in [5.74, 6) is 0.745. The molecule has 0 aliphatic heterocycles. The van der Waals surface area contributed by atoms with E-state index in [9.17, 15) is 9.59 Å². The summed E-state index contributed by atoms with van der Waals surface area (Å²) in [6, 6.07) is 7.39. The Bertz CT molecular complexity index is 530. The quantitative estimate of drug-likeness (QED) is 0.862. The predicted octanol–water partition coefficient (Wildman–Crippen LogP) is 1.98. The van der Waals surface area contributed by atoms with Crippen LogP contribution in [-0.2, 0) is 22.6 Å². The molecule has 2 aliphatic carbocycles. The minimum absolute atomic E-state index is 0.000717. The number of fused-ring (bicyclic) bond motifs is 1. The van der Waals surface area contributed by atoms with Gasteiger partial charge in [0, 0.05) is 12.5 Å². The highest BCUT2D eigenvalue weighted by molar-refractivity contribution is 5.82. The van der Waals surface area contributed by atoms with Gasteiger partial charge in [0.15, 0.2) is 0 Å². The molecular weight excluding hydrogens is 254 g/mol. The van der Waals surface area contributed by atoms with Crippen molar-refractivity contribution in [1.29, 1.82) is 0 Å². The summed E-state index contributed by atoms with van der Waals surface area (Å²) < 4.78 is 0. The van der Waals surface area contributed by atoms with E-state index >= 15 is 0 Å². The maximum atomic E-state index is 12.1. The molecule has 106 valence electrons. The van der Waals surface area contributed by atoms with Gasteiger partial charge in [0.2, 0.25) is 5.91 Å². The zero-order chi connectivity index (χ0) is 14.1. The van der Waals surface area contributed by atoms with Gasteiger partial charge < -0.3 is 10.4 Å². The van der Waals surface area contributed by atoms with E-state index in [1.807, 2.05) is 24.3 Å². The lowest BCUT2D eigenvalue weighted by Gasteiger charge is -2.10. The van der Waals surface area contributed by atoms with Crippen LogP contribution in [0.4, 0.5) is 0 Å². The van der Waals surface area contributed by atoms with Crippen LogP contribution in [0.25, 0.3) is 0 Å². The Kier molecular flexibility index (Phi) is 3.47. The Hall–Kier alpha value is -1.84. The van der Waals surface area contributed by atoms with Crippen molar-refractivity contribution in [3.8, 4) is 0 Å². The van der Waals surface area contributed by atoms with E-state index in [4.69, 9.17) is 5.11 Å². The number of rotatable bonds is 5. The number of carbonyl (C=O) groups excluding carboxylic acids is 1. The Morgan fingerprint density at radius 3 is 2.45 bits per heavy atom. The standard InChI is InChI=1S/C16H19NO3/c18-14(19)8-10-4-1-2-5-11(10)9-17-16(20)15-12-6-3-7-13(12)15/h1-2,4-5,12-13,15H,3,6-9H2,(H,17,20)(H,18,19). The van der Waals surface area contributed by atoms with Crippen molar-refractivity contribution < 1.29 is 14.7 Å². The van der Waals surface area contributed by atoms with Crippen LogP contribution >= 0.6 is 0 Å². The smallest absolute Gasteiger partial charge is 0.307 e. The van der Waals surface area contributed by atoms with E-state index in [1.54, 1.807) is 0 Å². The normalized spacial score (nSPS) is 26.9. The van der Waals surface area contributed by atoms with Gasteiger partial charge in [-0.25, -0.2) is 0 Å². The molecule has 1 amide bonds. The van der Waals surface area contributed by atoms with Gasteiger partial charge in [-0.2, -0.15) is 0 Å². The van der Waals surface area contributed by atoms with E-state index < -0.39 is 5.97 Å². The van der Waals surface area contributed by atoms with Gasteiger partial charge in [-0.1, -0.05) is 30.7 Å². The highest BCUT2D eigenvalue weighted by Crippen LogP contribution is 2.57. The molecule has 4 nitrogen and oxygen atoms in total. The van der Waals surface area contributed by atoms with Crippen LogP contribution in [0.3, 0.4) is 0 Å². The van der Waals surface area contributed by atoms with Crippen molar-refractivity contribution in [1.82, 2.24) is 5.32 Å². The Morgan fingerprint density at radius 2 is 1.80 bits per heavy atom. The minimum atomic E-state index is -0.847. The first kappa shape index (κ1) is 13.2. The molecule has 2 fully saturated rings. The molecule has 0 bridgehead atoms. The lowest BCUT2D eigenvalue weighted by molar-refractivity contribution is -0.136. The summed E-state index contributed by atoms with van der Waals surface area (Å²) in [4.78, 5) is 22.9. The second-order valence-electron chi connectivity index (χ2n) is 5.84. The molecule has 0 radical (unpaired) electrons. The lowest BCUT2D eigenvalue weighted by atomic mass is 10.0. The number of carbonyl (C=O) groups is 2. The predicted molar refractivity (Wildman–Crippen MR) is 73.9 cm³/mol. The van der Waals surface area contributed by atoms with Crippen molar-refractivity contribution >= 4 is 11.9 Å². The highest BCUT2D eigenvalue weighted by Gasteiger charge is 2.56. The summed E-state index contributed by atoms with van der Waals surface area (Å²) in [5, 5.41) is 11.9. The summed E-state index contributed by atoms with van der Waals surface area (Å²) in [6.45, 7) is 0.429. The largest absolute Gasteiger partial charge is 0.481 e. The number of nitrogens with one attached hydrogen (secondary N) is 1. The van der Waals surface area contributed by atoms with Crippen LogP contribution in [0.5, 0.6) is 0 Å². The first-order valence-electron chi connectivity index (χ1n) is 7.23. The molecule has 0 saturated heterocycles. The van der Waals surface area contributed by atoms with Crippen LogP contribution in [0.2, 0.25) is 0 Å². The van der Waals surface area contributed by atoms with Crippen molar-refractivity contribution in [2.45, 2.75) is 32.2 Å². The topological polar surface area (TPSA) is 66.4 Å². The van der Waals surface area contributed by atoms with Crippen molar-refractivity contribution in [2.75, 3.05) is 0 Å². The molecule has 1 aromatic carbocycles. The lowest BCUT2D eigenvalue weighted by Crippen LogP contribution is -2.26. The summed E-state index contributed by atoms with van der Waals surface area (Å²) in [6.07, 6.45) is 3.65. The third kappa shape index (κ3) is 2.55. The summed E-state index contributed by atoms with van der Waals surface area (Å²) >= 11 is 0. The first-order valence-corrected chi connectivity index (χ1v) is 7.23. The summed E-state index contributed by atoms with van der Waals surface area (Å²) in [7, 11) is 0. The van der Waals surface area contributed by atoms with Crippen LogP contribution in [0, 0.1) is 17.8 Å². The zero-order valence-corrected chi connectivity index (χ0v) is 11.3. The van der Waals surface area contributed by atoms with Gasteiger partial charge >= 0.3 is 5.97 Å². The van der Waals surface area contributed by atoms with E-state index in [-0.39, 0.29) is 18.2 Å². The van der Waals surface area contributed by atoms with Gasteiger partial charge in [0.25, 0.3) is 0 Å². The van der Waals surface area contributed by atoms with E-state index in [0.29, 0.717) is 18.4 Å². The molecule has 0 heterocycles. The average Bonchev–Trinajstić information content (AvgIpc) is 2.90. The molecule has 1 aromatic rings. The molecule has 20 heavy (non-hydrogen) atoms. The average molecular weight is 273 g/mol. The molecule has 2 unspecified atom stereocenters. The van der Waals surface area contributed by atoms with Crippen molar-refractivity contribution in [3.05, 3.63) is 35.4 Å². The van der Waals surface area contributed by atoms with Gasteiger partial charge in [-0.15, -0.1) is 0 Å². The van der Waals surface area contributed by atoms with Gasteiger partial charge in [-0.3, -0.25) is 9.59 Å². The monoisotopic (exact) mass is 273 g/mol. The Labute approximate surface area is 118 Å². The van der Waals surface area contributed by atoms with E-state index in [1.165, 1.54) is 19.3 Å². The number of hydrogen-bond acceptors (Lipinski definition) is 2. The second-order valence-corrected chi connectivity index (χ2v) is 5.84. The van der Waals surface area contributed by atoms with E-state index in [2.05, 4.69) is 5.32 Å². The maximum absolute atomic E-state index is 12.1. The van der Waals surface area contributed by atoms with Gasteiger partial charge in [0.1, 0.15) is 0 Å². The molecule has 2 atom stereocenters.